The van der Waals surface area contributed by atoms with Crippen LogP contribution in [0, 0.1) is 11.8 Å². The zero-order valence-corrected chi connectivity index (χ0v) is 14.0. The molecule has 1 fully saturated rings. The molecule has 0 aliphatic carbocycles. The standard InChI is InChI=1S/C18H28N2O2/c1-14(2)13-22-17-6-4-16(5-7-17)19-12-18(21)20-10-8-15(3)9-11-20/h4-7,14-15,19H,8-13H2,1-3H3. The molecule has 1 amide bonds. The largest absolute Gasteiger partial charge is 0.493 e. The number of carbonyl (C=O) groups is 1. The molecule has 4 heteroatoms. The van der Waals surface area contributed by atoms with Gasteiger partial charge in [-0.25, -0.2) is 0 Å². The molecule has 1 heterocycles. The van der Waals surface area contributed by atoms with Crippen molar-refractivity contribution >= 4 is 11.6 Å². The van der Waals surface area contributed by atoms with Gasteiger partial charge in [0.05, 0.1) is 13.2 Å². The maximum absolute atomic E-state index is 12.2. The topological polar surface area (TPSA) is 41.6 Å². The molecule has 0 aromatic heterocycles. The highest BCUT2D eigenvalue weighted by Crippen LogP contribution is 2.18. The molecule has 0 radical (unpaired) electrons. The average molecular weight is 304 g/mol. The molecule has 1 aromatic carbocycles. The Morgan fingerprint density at radius 1 is 1.27 bits per heavy atom. The summed E-state index contributed by atoms with van der Waals surface area (Å²) in [5.41, 5.74) is 0.954. The number of anilines is 1. The van der Waals surface area contributed by atoms with E-state index in [1.165, 1.54) is 0 Å². The number of nitrogens with one attached hydrogen (secondary N) is 1. The normalized spacial score (nSPS) is 15.9. The molecule has 122 valence electrons. The van der Waals surface area contributed by atoms with Crippen LogP contribution in [0.25, 0.3) is 0 Å². The third kappa shape index (κ3) is 5.24. The van der Waals surface area contributed by atoms with Crippen molar-refractivity contribution in [3.8, 4) is 5.75 Å². The second-order valence-electron chi connectivity index (χ2n) is 6.65. The predicted molar refractivity (Wildman–Crippen MR) is 90.2 cm³/mol. The van der Waals surface area contributed by atoms with E-state index in [1.807, 2.05) is 29.2 Å². The summed E-state index contributed by atoms with van der Waals surface area (Å²) in [5.74, 6) is 2.32. The minimum Gasteiger partial charge on any atom is -0.493 e. The molecule has 1 saturated heterocycles. The van der Waals surface area contributed by atoms with Gasteiger partial charge in [0.2, 0.25) is 5.91 Å². The fourth-order valence-electron chi connectivity index (χ4n) is 2.48. The zero-order chi connectivity index (χ0) is 15.9. The van der Waals surface area contributed by atoms with E-state index in [0.29, 0.717) is 12.5 Å². The van der Waals surface area contributed by atoms with Crippen molar-refractivity contribution in [3.05, 3.63) is 24.3 Å². The summed E-state index contributed by atoms with van der Waals surface area (Å²) in [6, 6.07) is 7.80. The van der Waals surface area contributed by atoms with Gasteiger partial charge in [0.1, 0.15) is 5.75 Å². The molecular formula is C18H28N2O2. The number of hydrogen-bond donors (Lipinski definition) is 1. The Balaban J connectivity index is 1.75. The Kier molecular flexibility index (Phi) is 6.10. The van der Waals surface area contributed by atoms with Gasteiger partial charge in [-0.05, 0) is 48.9 Å². The molecule has 0 unspecified atom stereocenters. The van der Waals surface area contributed by atoms with Crippen molar-refractivity contribution in [2.24, 2.45) is 11.8 Å². The SMILES string of the molecule is CC(C)COc1ccc(NCC(=O)N2CCC(C)CC2)cc1. The summed E-state index contributed by atoms with van der Waals surface area (Å²) in [6.45, 7) is 9.38. The van der Waals surface area contributed by atoms with Crippen LogP contribution in [-0.4, -0.2) is 37.0 Å². The number of carbonyl (C=O) groups excluding carboxylic acids is 1. The minimum absolute atomic E-state index is 0.187. The predicted octanol–water partition coefficient (Wildman–Crippen LogP) is 3.39. The molecule has 0 atom stereocenters. The van der Waals surface area contributed by atoms with Gasteiger partial charge in [-0.2, -0.15) is 0 Å². The maximum Gasteiger partial charge on any atom is 0.241 e. The van der Waals surface area contributed by atoms with Gasteiger partial charge in [0.15, 0.2) is 0 Å². The molecule has 1 aliphatic heterocycles. The lowest BCUT2D eigenvalue weighted by Crippen LogP contribution is -2.40. The van der Waals surface area contributed by atoms with Gasteiger partial charge in [0.25, 0.3) is 0 Å². The van der Waals surface area contributed by atoms with Gasteiger partial charge in [-0.1, -0.05) is 20.8 Å². The van der Waals surface area contributed by atoms with E-state index in [-0.39, 0.29) is 5.91 Å². The number of hydrogen-bond acceptors (Lipinski definition) is 3. The summed E-state index contributed by atoms with van der Waals surface area (Å²) >= 11 is 0. The zero-order valence-electron chi connectivity index (χ0n) is 14.0. The Bertz CT molecular complexity index is 462. The second-order valence-corrected chi connectivity index (χ2v) is 6.65. The quantitative estimate of drug-likeness (QED) is 0.876. The lowest BCUT2D eigenvalue weighted by Gasteiger charge is -2.30. The van der Waals surface area contributed by atoms with Crippen LogP contribution in [-0.2, 0) is 4.79 Å². The molecule has 0 bridgehead atoms. The molecular weight excluding hydrogens is 276 g/mol. The van der Waals surface area contributed by atoms with Crippen LogP contribution in [0.2, 0.25) is 0 Å². The average Bonchev–Trinajstić information content (AvgIpc) is 2.52. The number of piperidine rings is 1. The molecule has 1 aliphatic rings. The van der Waals surface area contributed by atoms with E-state index in [4.69, 9.17) is 4.74 Å². The van der Waals surface area contributed by atoms with Crippen LogP contribution < -0.4 is 10.1 Å². The van der Waals surface area contributed by atoms with Crippen LogP contribution >= 0.6 is 0 Å². The molecule has 4 nitrogen and oxygen atoms in total. The summed E-state index contributed by atoms with van der Waals surface area (Å²) in [7, 11) is 0. The van der Waals surface area contributed by atoms with Crippen molar-refractivity contribution in [2.45, 2.75) is 33.6 Å². The number of amides is 1. The first-order valence-corrected chi connectivity index (χ1v) is 8.29. The van der Waals surface area contributed by atoms with E-state index in [1.54, 1.807) is 0 Å². The van der Waals surface area contributed by atoms with Crippen molar-refractivity contribution in [2.75, 3.05) is 31.6 Å². The van der Waals surface area contributed by atoms with E-state index < -0.39 is 0 Å². The Labute approximate surface area is 133 Å². The van der Waals surface area contributed by atoms with Crippen molar-refractivity contribution in [3.63, 3.8) is 0 Å². The van der Waals surface area contributed by atoms with Crippen LogP contribution in [0.4, 0.5) is 5.69 Å². The van der Waals surface area contributed by atoms with Crippen LogP contribution in [0.15, 0.2) is 24.3 Å². The lowest BCUT2D eigenvalue weighted by molar-refractivity contribution is -0.130. The monoisotopic (exact) mass is 304 g/mol. The van der Waals surface area contributed by atoms with Crippen LogP contribution in [0.3, 0.4) is 0 Å². The Hall–Kier alpha value is -1.71. The number of likely N-dealkylation sites (tertiary alicyclic amines) is 1. The fourth-order valence-corrected chi connectivity index (χ4v) is 2.48. The summed E-state index contributed by atoms with van der Waals surface area (Å²) < 4.78 is 5.65. The molecule has 2 rings (SSSR count). The van der Waals surface area contributed by atoms with Gasteiger partial charge in [0, 0.05) is 18.8 Å². The summed E-state index contributed by atoms with van der Waals surface area (Å²) in [5, 5.41) is 3.20. The van der Waals surface area contributed by atoms with Gasteiger partial charge in [-0.15, -0.1) is 0 Å². The molecule has 1 N–H and O–H groups in total. The van der Waals surface area contributed by atoms with Crippen LogP contribution in [0.1, 0.15) is 33.6 Å². The van der Waals surface area contributed by atoms with E-state index in [9.17, 15) is 4.79 Å². The van der Waals surface area contributed by atoms with Crippen molar-refractivity contribution in [1.82, 2.24) is 4.90 Å². The molecule has 0 saturated carbocycles. The first-order chi connectivity index (χ1) is 10.5. The Morgan fingerprint density at radius 3 is 2.50 bits per heavy atom. The lowest BCUT2D eigenvalue weighted by atomic mass is 9.99. The Morgan fingerprint density at radius 2 is 1.91 bits per heavy atom. The third-order valence-electron chi connectivity index (χ3n) is 4.02. The number of ether oxygens (including phenoxy) is 1. The number of rotatable bonds is 6. The van der Waals surface area contributed by atoms with E-state index in [2.05, 4.69) is 26.1 Å². The number of nitrogens with zero attached hydrogens (tertiary/aromatic N) is 1. The highest BCUT2D eigenvalue weighted by Gasteiger charge is 2.19. The highest BCUT2D eigenvalue weighted by atomic mass is 16.5. The first-order valence-electron chi connectivity index (χ1n) is 8.29. The molecule has 1 aromatic rings. The minimum atomic E-state index is 0.187. The smallest absolute Gasteiger partial charge is 0.241 e. The van der Waals surface area contributed by atoms with Gasteiger partial charge < -0.3 is 15.0 Å². The fraction of sp³-hybridized carbons (Fsp3) is 0.611. The number of benzene rings is 1. The third-order valence-corrected chi connectivity index (χ3v) is 4.02. The second kappa shape index (κ2) is 8.06. The van der Waals surface area contributed by atoms with Crippen molar-refractivity contribution in [1.29, 1.82) is 0 Å². The highest BCUT2D eigenvalue weighted by molar-refractivity contribution is 5.81. The first kappa shape index (κ1) is 16.7. The maximum atomic E-state index is 12.2. The van der Waals surface area contributed by atoms with E-state index in [0.717, 1.165) is 49.9 Å². The van der Waals surface area contributed by atoms with Gasteiger partial charge >= 0.3 is 0 Å². The molecule has 0 spiro atoms. The van der Waals surface area contributed by atoms with Crippen LogP contribution in [0.5, 0.6) is 5.75 Å². The summed E-state index contributed by atoms with van der Waals surface area (Å²) in [6.07, 6.45) is 2.24. The van der Waals surface area contributed by atoms with Crippen molar-refractivity contribution < 1.29 is 9.53 Å². The summed E-state index contributed by atoms with van der Waals surface area (Å²) in [4.78, 5) is 14.1. The van der Waals surface area contributed by atoms with Gasteiger partial charge in [-0.3, -0.25) is 4.79 Å². The molecule has 22 heavy (non-hydrogen) atoms. The van der Waals surface area contributed by atoms with E-state index >= 15 is 0 Å².